The first-order valence-electron chi connectivity index (χ1n) is 8.42. The Morgan fingerprint density at radius 2 is 1.78 bits per heavy atom. The maximum Gasteiger partial charge on any atom is 0.453 e. The zero-order chi connectivity index (χ0) is 19.7. The smallest absolute Gasteiger partial charge is 0.453 e. The molecule has 27 heavy (non-hydrogen) atoms. The number of halogens is 3. The molecule has 1 N–H and O–H groups in total. The Hall–Kier alpha value is -2.84. The highest BCUT2D eigenvalue weighted by atomic mass is 19.4. The first-order valence-corrected chi connectivity index (χ1v) is 8.42. The molecule has 0 amide bonds. The van der Waals surface area contributed by atoms with Gasteiger partial charge in [-0.25, -0.2) is 0 Å². The number of rotatable bonds is 5. The number of benzene rings is 1. The molecule has 0 spiro atoms. The van der Waals surface area contributed by atoms with Crippen molar-refractivity contribution < 1.29 is 17.9 Å². The van der Waals surface area contributed by atoms with Gasteiger partial charge in [0.05, 0.1) is 6.54 Å². The number of alkyl halides is 3. The minimum atomic E-state index is -4.62. The number of fused-ring (bicyclic) bond motifs is 1. The summed E-state index contributed by atoms with van der Waals surface area (Å²) in [5.41, 5.74) is 1.06. The maximum absolute atomic E-state index is 12.9. The van der Waals surface area contributed by atoms with E-state index in [1.807, 2.05) is 24.3 Å². The zero-order valence-electron chi connectivity index (χ0n) is 15.2. The molecule has 3 aromatic rings. The highest BCUT2D eigenvalue weighted by Gasteiger charge is 2.37. The summed E-state index contributed by atoms with van der Waals surface area (Å²) in [5, 5.41) is 13.5. The summed E-state index contributed by atoms with van der Waals surface area (Å²) in [6, 6.07) is 10.8. The monoisotopic (exact) mass is 379 g/mol. The van der Waals surface area contributed by atoms with Gasteiger partial charge >= 0.3 is 6.18 Å². The van der Waals surface area contributed by atoms with E-state index in [4.69, 9.17) is 4.74 Å². The molecule has 0 aliphatic carbocycles. The van der Waals surface area contributed by atoms with Crippen LogP contribution in [0.25, 0.3) is 5.65 Å². The van der Waals surface area contributed by atoms with Crippen LogP contribution in [0.5, 0.6) is 5.75 Å². The van der Waals surface area contributed by atoms with Gasteiger partial charge in [0.2, 0.25) is 0 Å². The third kappa shape index (κ3) is 4.29. The number of ether oxygens (including phenoxy) is 1. The fourth-order valence-corrected chi connectivity index (χ4v) is 2.61. The third-order valence-corrected chi connectivity index (χ3v) is 3.88. The van der Waals surface area contributed by atoms with Crippen LogP contribution in [0.1, 0.15) is 32.2 Å². The molecule has 2 aromatic heterocycles. The van der Waals surface area contributed by atoms with E-state index in [0.717, 1.165) is 11.3 Å². The van der Waals surface area contributed by atoms with E-state index in [1.165, 1.54) is 6.07 Å². The Bertz CT molecular complexity index is 931. The van der Waals surface area contributed by atoms with E-state index in [9.17, 15) is 13.2 Å². The second kappa shape index (κ2) is 7.05. The molecule has 0 radical (unpaired) electrons. The molecule has 0 aliphatic heterocycles. The van der Waals surface area contributed by atoms with Crippen LogP contribution >= 0.6 is 0 Å². The van der Waals surface area contributed by atoms with Gasteiger partial charge in [-0.1, -0.05) is 39.0 Å². The number of hydrogen-bond acceptors (Lipinski definition) is 5. The zero-order valence-corrected chi connectivity index (χ0v) is 15.2. The van der Waals surface area contributed by atoms with Crippen molar-refractivity contribution >= 4 is 11.5 Å². The first-order chi connectivity index (χ1) is 12.7. The van der Waals surface area contributed by atoms with Gasteiger partial charge in [0.15, 0.2) is 5.65 Å². The lowest BCUT2D eigenvalue weighted by Gasteiger charge is -2.22. The van der Waals surface area contributed by atoms with Gasteiger partial charge in [-0.2, -0.15) is 17.7 Å². The van der Waals surface area contributed by atoms with Gasteiger partial charge in [-0.15, -0.1) is 15.3 Å². The Balaban J connectivity index is 1.65. The molecular weight excluding hydrogens is 359 g/mol. The summed E-state index contributed by atoms with van der Waals surface area (Å²) < 4.78 is 45.2. The second-order valence-electron chi connectivity index (χ2n) is 7.03. The average molecular weight is 379 g/mol. The molecule has 0 unspecified atom stereocenters. The van der Waals surface area contributed by atoms with Crippen LogP contribution in [0.2, 0.25) is 0 Å². The van der Waals surface area contributed by atoms with Gasteiger partial charge in [0.1, 0.15) is 18.2 Å². The lowest BCUT2D eigenvalue weighted by atomic mass is 9.86. The van der Waals surface area contributed by atoms with Crippen LogP contribution in [-0.4, -0.2) is 33.0 Å². The van der Waals surface area contributed by atoms with Gasteiger partial charge < -0.3 is 10.1 Å². The van der Waals surface area contributed by atoms with Crippen LogP contribution in [0, 0.1) is 0 Å². The highest BCUT2D eigenvalue weighted by molar-refractivity contribution is 5.44. The molecule has 0 aliphatic rings. The van der Waals surface area contributed by atoms with Crippen molar-refractivity contribution in [3.05, 3.63) is 47.8 Å². The molecule has 0 atom stereocenters. The average Bonchev–Trinajstić information content (AvgIpc) is 3.01. The number of aromatic nitrogens is 4. The molecule has 0 bridgehead atoms. The van der Waals surface area contributed by atoms with E-state index in [2.05, 4.69) is 41.4 Å². The van der Waals surface area contributed by atoms with Crippen LogP contribution in [0.3, 0.4) is 0 Å². The Labute approximate surface area is 154 Å². The summed E-state index contributed by atoms with van der Waals surface area (Å²) >= 11 is 0. The number of para-hydroxylation sites is 1. The topological polar surface area (TPSA) is 64.3 Å². The predicted octanol–water partition coefficient (Wildman–Crippen LogP) is 3.93. The minimum Gasteiger partial charge on any atom is -0.491 e. The van der Waals surface area contributed by atoms with Crippen LogP contribution < -0.4 is 10.1 Å². The Morgan fingerprint density at radius 1 is 1.04 bits per heavy atom. The lowest BCUT2D eigenvalue weighted by molar-refractivity contribution is -0.146. The molecule has 0 saturated heterocycles. The molecule has 1 aromatic carbocycles. The highest BCUT2D eigenvalue weighted by Crippen LogP contribution is 2.31. The normalized spacial score (nSPS) is 12.4. The minimum absolute atomic E-state index is 0.0308. The molecule has 9 heteroatoms. The van der Waals surface area contributed by atoms with E-state index in [-0.39, 0.29) is 16.9 Å². The van der Waals surface area contributed by atoms with Gasteiger partial charge in [-0.3, -0.25) is 0 Å². The summed E-state index contributed by atoms with van der Waals surface area (Å²) in [6.45, 7) is 7.01. The van der Waals surface area contributed by atoms with Crippen molar-refractivity contribution in [3.8, 4) is 5.75 Å². The van der Waals surface area contributed by atoms with Gasteiger partial charge in [0.25, 0.3) is 5.82 Å². The van der Waals surface area contributed by atoms with Crippen LogP contribution in [0.4, 0.5) is 19.0 Å². The van der Waals surface area contributed by atoms with Crippen molar-refractivity contribution in [1.29, 1.82) is 0 Å². The Morgan fingerprint density at radius 3 is 2.48 bits per heavy atom. The SMILES string of the molecule is CC(C)(C)c1ccccc1OCCNc1ccc2nnc(C(F)(F)F)n2n1. The largest absolute Gasteiger partial charge is 0.491 e. The van der Waals surface area contributed by atoms with Gasteiger partial charge in [0, 0.05) is 0 Å². The fourth-order valence-electron chi connectivity index (χ4n) is 2.61. The van der Waals surface area contributed by atoms with Gasteiger partial charge in [-0.05, 0) is 29.2 Å². The van der Waals surface area contributed by atoms with E-state index in [1.54, 1.807) is 6.07 Å². The van der Waals surface area contributed by atoms with Crippen LogP contribution in [0.15, 0.2) is 36.4 Å². The summed E-state index contributed by atoms with van der Waals surface area (Å²) in [4.78, 5) is 0. The summed E-state index contributed by atoms with van der Waals surface area (Å²) in [7, 11) is 0. The van der Waals surface area contributed by atoms with E-state index in [0.29, 0.717) is 17.7 Å². The standard InChI is InChI=1S/C18H20F3N5O/c1-17(2,3)12-6-4-5-7-13(12)27-11-10-22-14-8-9-15-23-24-16(18(19,20)21)26(15)25-14/h4-9H,10-11H2,1-3H3,(H,22,25). The second-order valence-corrected chi connectivity index (χ2v) is 7.03. The number of nitrogens with one attached hydrogen (secondary N) is 1. The predicted molar refractivity (Wildman–Crippen MR) is 94.9 cm³/mol. The molecule has 3 rings (SSSR count). The fraction of sp³-hybridized carbons (Fsp3) is 0.389. The molecule has 0 saturated carbocycles. The summed E-state index contributed by atoms with van der Waals surface area (Å²) in [6.07, 6.45) is -4.62. The quantitative estimate of drug-likeness (QED) is 0.681. The molecule has 0 fully saturated rings. The summed E-state index contributed by atoms with van der Waals surface area (Å²) in [5.74, 6) is -0.0922. The molecule has 144 valence electrons. The number of anilines is 1. The van der Waals surface area contributed by atoms with E-state index < -0.39 is 12.0 Å². The lowest BCUT2D eigenvalue weighted by Crippen LogP contribution is -2.17. The number of nitrogens with zero attached hydrogens (tertiary/aromatic N) is 4. The molecule has 6 nitrogen and oxygen atoms in total. The van der Waals surface area contributed by atoms with Crippen molar-refractivity contribution in [2.24, 2.45) is 0 Å². The van der Waals surface area contributed by atoms with E-state index >= 15 is 0 Å². The third-order valence-electron chi connectivity index (χ3n) is 3.88. The van der Waals surface area contributed by atoms with Crippen molar-refractivity contribution in [2.75, 3.05) is 18.5 Å². The van der Waals surface area contributed by atoms with Crippen molar-refractivity contribution in [1.82, 2.24) is 19.8 Å². The number of hydrogen-bond donors (Lipinski definition) is 1. The van der Waals surface area contributed by atoms with Crippen molar-refractivity contribution in [3.63, 3.8) is 0 Å². The molecular formula is C18H20F3N5O. The first kappa shape index (κ1) is 18.9. The Kier molecular flexibility index (Phi) is 4.95. The van der Waals surface area contributed by atoms with Crippen molar-refractivity contribution in [2.45, 2.75) is 32.4 Å². The van der Waals surface area contributed by atoms with Crippen LogP contribution in [-0.2, 0) is 11.6 Å². The molecule has 2 heterocycles. The maximum atomic E-state index is 12.9.